The Morgan fingerprint density at radius 2 is 1.95 bits per heavy atom. The first-order valence-corrected chi connectivity index (χ1v) is 7.63. The van der Waals surface area contributed by atoms with Gasteiger partial charge in [-0.05, 0) is 42.5 Å². The van der Waals surface area contributed by atoms with Gasteiger partial charge in [0.1, 0.15) is 0 Å². The molecule has 0 bridgehead atoms. The molecule has 0 radical (unpaired) electrons. The Morgan fingerprint density at radius 1 is 1.24 bits per heavy atom. The molecule has 0 spiro atoms. The number of carbonyl (C=O) groups is 1. The van der Waals surface area contributed by atoms with Crippen LogP contribution in [0.15, 0.2) is 42.5 Å². The third-order valence-corrected chi connectivity index (χ3v) is 4.53. The average molecular weight is 282 g/mol. The van der Waals surface area contributed by atoms with E-state index in [1.54, 1.807) is 0 Å². The third-order valence-electron chi connectivity index (χ3n) is 4.53. The van der Waals surface area contributed by atoms with Gasteiger partial charge in [0.2, 0.25) is 5.91 Å². The van der Waals surface area contributed by atoms with Gasteiger partial charge in [0.15, 0.2) is 0 Å². The van der Waals surface area contributed by atoms with Crippen LogP contribution < -0.4 is 11.1 Å². The maximum Gasteiger partial charge on any atom is 0.222 e. The van der Waals surface area contributed by atoms with E-state index in [-0.39, 0.29) is 17.5 Å². The van der Waals surface area contributed by atoms with Crippen LogP contribution in [-0.2, 0) is 4.79 Å². The number of amides is 1. The van der Waals surface area contributed by atoms with Crippen molar-refractivity contribution >= 4 is 16.7 Å². The maximum absolute atomic E-state index is 12.2. The molecule has 21 heavy (non-hydrogen) atoms. The predicted molar refractivity (Wildman–Crippen MR) is 85.9 cm³/mol. The minimum absolute atomic E-state index is 0.00715. The summed E-state index contributed by atoms with van der Waals surface area (Å²) in [5.41, 5.74) is 7.04. The van der Waals surface area contributed by atoms with Crippen LogP contribution in [0.4, 0.5) is 0 Å². The molecule has 1 saturated carbocycles. The molecule has 3 nitrogen and oxygen atoms in total. The van der Waals surface area contributed by atoms with E-state index in [1.165, 1.54) is 10.8 Å². The lowest BCUT2D eigenvalue weighted by Crippen LogP contribution is -2.50. The van der Waals surface area contributed by atoms with Crippen molar-refractivity contribution < 1.29 is 4.79 Å². The molecular weight excluding hydrogens is 260 g/mol. The fourth-order valence-electron chi connectivity index (χ4n) is 3.13. The van der Waals surface area contributed by atoms with Crippen LogP contribution in [0.5, 0.6) is 0 Å². The number of rotatable bonds is 4. The second kappa shape index (κ2) is 5.49. The topological polar surface area (TPSA) is 55.1 Å². The van der Waals surface area contributed by atoms with Crippen LogP contribution >= 0.6 is 0 Å². The van der Waals surface area contributed by atoms with Crippen molar-refractivity contribution in [1.29, 1.82) is 0 Å². The van der Waals surface area contributed by atoms with Gasteiger partial charge in [0.25, 0.3) is 0 Å². The molecule has 1 fully saturated rings. The smallest absolute Gasteiger partial charge is 0.222 e. The highest BCUT2D eigenvalue weighted by atomic mass is 16.1. The number of nitrogens with two attached hydrogens (primary N) is 1. The van der Waals surface area contributed by atoms with Crippen LogP contribution in [-0.4, -0.2) is 11.4 Å². The number of fused-ring (bicyclic) bond motifs is 1. The Morgan fingerprint density at radius 3 is 2.67 bits per heavy atom. The third kappa shape index (κ3) is 2.93. The van der Waals surface area contributed by atoms with Crippen molar-refractivity contribution in [3.05, 3.63) is 48.0 Å². The van der Waals surface area contributed by atoms with Crippen molar-refractivity contribution in [3.8, 4) is 0 Å². The molecule has 3 rings (SSSR count). The second-order valence-corrected chi connectivity index (χ2v) is 6.25. The molecule has 0 heterocycles. The van der Waals surface area contributed by atoms with E-state index in [2.05, 4.69) is 29.6 Å². The lowest BCUT2D eigenvalue weighted by molar-refractivity contribution is -0.123. The van der Waals surface area contributed by atoms with Crippen LogP contribution in [0.25, 0.3) is 10.8 Å². The number of nitrogens with one attached hydrogen (secondary N) is 1. The van der Waals surface area contributed by atoms with Crippen LogP contribution in [0.3, 0.4) is 0 Å². The molecule has 2 aromatic carbocycles. The summed E-state index contributed by atoms with van der Waals surface area (Å²) in [6.07, 6.45) is 3.50. The molecule has 0 saturated heterocycles. The van der Waals surface area contributed by atoms with E-state index in [0.29, 0.717) is 6.42 Å². The summed E-state index contributed by atoms with van der Waals surface area (Å²) in [5.74, 6) is 0.0534. The van der Waals surface area contributed by atoms with Crippen molar-refractivity contribution in [2.24, 2.45) is 5.73 Å². The van der Waals surface area contributed by atoms with Gasteiger partial charge < -0.3 is 11.1 Å². The monoisotopic (exact) mass is 282 g/mol. The largest absolute Gasteiger partial charge is 0.350 e. The normalized spacial score (nSPS) is 18.0. The quantitative estimate of drug-likeness (QED) is 0.904. The summed E-state index contributed by atoms with van der Waals surface area (Å²) in [6.45, 7) is 2.03. The van der Waals surface area contributed by atoms with Crippen LogP contribution in [0.2, 0.25) is 0 Å². The fourth-order valence-corrected chi connectivity index (χ4v) is 3.13. The van der Waals surface area contributed by atoms with Gasteiger partial charge in [-0.15, -0.1) is 0 Å². The second-order valence-electron chi connectivity index (χ2n) is 6.25. The van der Waals surface area contributed by atoms with E-state index in [0.717, 1.165) is 24.8 Å². The van der Waals surface area contributed by atoms with Gasteiger partial charge in [0, 0.05) is 12.0 Å². The molecule has 1 atom stereocenters. The summed E-state index contributed by atoms with van der Waals surface area (Å²) in [7, 11) is 0. The Balaban J connectivity index is 1.74. The fraction of sp³-hybridized carbons (Fsp3) is 0.389. The Hall–Kier alpha value is -1.87. The average Bonchev–Trinajstić information content (AvgIpc) is 2.44. The Kier molecular flexibility index (Phi) is 3.68. The summed E-state index contributed by atoms with van der Waals surface area (Å²) < 4.78 is 0. The molecule has 0 aliphatic heterocycles. The molecule has 1 unspecified atom stereocenters. The SMILES string of the molecule is CC(NC(=O)CC1(N)CCC1)c1cccc2ccccc12. The molecule has 1 aliphatic rings. The van der Waals surface area contributed by atoms with Crippen LogP contribution in [0, 0.1) is 0 Å². The molecule has 2 aromatic rings. The number of hydrogen-bond acceptors (Lipinski definition) is 2. The van der Waals surface area contributed by atoms with Gasteiger partial charge in [0.05, 0.1) is 6.04 Å². The van der Waals surface area contributed by atoms with Gasteiger partial charge in [-0.3, -0.25) is 4.79 Å². The van der Waals surface area contributed by atoms with Crippen molar-refractivity contribution in [2.75, 3.05) is 0 Å². The summed E-state index contributed by atoms with van der Waals surface area (Å²) in [6, 6.07) is 14.5. The number of benzene rings is 2. The van der Waals surface area contributed by atoms with E-state index in [1.807, 2.05) is 25.1 Å². The number of carbonyl (C=O) groups excluding carboxylic acids is 1. The van der Waals surface area contributed by atoms with Crippen molar-refractivity contribution in [2.45, 2.75) is 44.2 Å². The highest BCUT2D eigenvalue weighted by Crippen LogP contribution is 2.32. The van der Waals surface area contributed by atoms with Gasteiger partial charge in [-0.2, -0.15) is 0 Å². The molecule has 1 amide bonds. The van der Waals surface area contributed by atoms with E-state index >= 15 is 0 Å². The van der Waals surface area contributed by atoms with Crippen LogP contribution in [0.1, 0.15) is 44.2 Å². The zero-order valence-electron chi connectivity index (χ0n) is 12.4. The maximum atomic E-state index is 12.2. The van der Waals surface area contributed by atoms with E-state index < -0.39 is 0 Å². The minimum Gasteiger partial charge on any atom is -0.350 e. The summed E-state index contributed by atoms with van der Waals surface area (Å²) in [4.78, 5) is 12.2. The van der Waals surface area contributed by atoms with Gasteiger partial charge >= 0.3 is 0 Å². The molecule has 0 aromatic heterocycles. The van der Waals surface area contributed by atoms with Gasteiger partial charge in [-0.25, -0.2) is 0 Å². The first kappa shape index (κ1) is 14.1. The zero-order chi connectivity index (χ0) is 14.9. The van der Waals surface area contributed by atoms with Gasteiger partial charge in [-0.1, -0.05) is 42.5 Å². The molecule has 1 aliphatic carbocycles. The molecular formula is C18H22N2O. The Labute approximate surface area is 125 Å². The zero-order valence-corrected chi connectivity index (χ0v) is 12.4. The lowest BCUT2D eigenvalue weighted by Gasteiger charge is -2.37. The lowest BCUT2D eigenvalue weighted by atomic mass is 9.75. The first-order valence-electron chi connectivity index (χ1n) is 7.63. The molecule has 3 N–H and O–H groups in total. The first-order chi connectivity index (χ1) is 10.1. The van der Waals surface area contributed by atoms with Crippen molar-refractivity contribution in [3.63, 3.8) is 0 Å². The molecule has 3 heteroatoms. The Bertz CT molecular complexity index is 656. The minimum atomic E-state index is -0.261. The molecule has 110 valence electrons. The highest BCUT2D eigenvalue weighted by molar-refractivity contribution is 5.87. The standard InChI is InChI=1S/C18H22N2O/c1-13(20-17(21)12-18(19)10-5-11-18)15-9-4-7-14-6-2-3-8-16(14)15/h2-4,6-9,13H,5,10-12,19H2,1H3,(H,20,21). The van der Waals surface area contributed by atoms with E-state index in [9.17, 15) is 4.79 Å². The summed E-state index contributed by atoms with van der Waals surface area (Å²) in [5, 5.41) is 5.49. The van der Waals surface area contributed by atoms with Crippen molar-refractivity contribution in [1.82, 2.24) is 5.32 Å². The predicted octanol–water partition coefficient (Wildman–Crippen LogP) is 3.29. The summed E-state index contributed by atoms with van der Waals surface area (Å²) >= 11 is 0. The highest BCUT2D eigenvalue weighted by Gasteiger charge is 2.34. The number of hydrogen-bond donors (Lipinski definition) is 2. The van der Waals surface area contributed by atoms with E-state index in [4.69, 9.17) is 5.73 Å².